The molecule has 1 aliphatic carbocycles. The Morgan fingerprint density at radius 3 is 2.84 bits per heavy atom. The van der Waals surface area contributed by atoms with Crippen LogP contribution in [0.25, 0.3) is 0 Å². The fourth-order valence-electron chi connectivity index (χ4n) is 2.76. The van der Waals surface area contributed by atoms with Crippen LogP contribution in [0.2, 0.25) is 0 Å². The fraction of sp³-hybridized carbons (Fsp3) is 0.600. The maximum Gasteiger partial charge on any atom is 0.252 e. The molecule has 4 heteroatoms. The van der Waals surface area contributed by atoms with Gasteiger partial charge in [0.2, 0.25) is 0 Å². The van der Waals surface area contributed by atoms with Crippen LogP contribution in [0.15, 0.2) is 18.3 Å². The molecule has 0 radical (unpaired) electrons. The van der Waals surface area contributed by atoms with Gasteiger partial charge in [0.25, 0.3) is 5.91 Å². The summed E-state index contributed by atoms with van der Waals surface area (Å²) in [7, 11) is 0. The Kier molecular flexibility index (Phi) is 4.77. The fourth-order valence-corrected chi connectivity index (χ4v) is 2.76. The second-order valence-corrected chi connectivity index (χ2v) is 5.61. The molecule has 1 aliphatic rings. The van der Waals surface area contributed by atoms with E-state index in [4.69, 9.17) is 5.73 Å². The van der Waals surface area contributed by atoms with E-state index in [1.54, 1.807) is 18.3 Å². The summed E-state index contributed by atoms with van der Waals surface area (Å²) in [6.45, 7) is 3.19. The van der Waals surface area contributed by atoms with E-state index >= 15 is 0 Å². The Labute approximate surface area is 114 Å². The van der Waals surface area contributed by atoms with E-state index in [9.17, 15) is 4.79 Å². The van der Waals surface area contributed by atoms with Crippen molar-refractivity contribution in [1.82, 2.24) is 4.98 Å². The van der Waals surface area contributed by atoms with E-state index in [2.05, 4.69) is 17.2 Å². The van der Waals surface area contributed by atoms with Gasteiger partial charge in [-0.05, 0) is 30.4 Å². The summed E-state index contributed by atoms with van der Waals surface area (Å²) in [6.07, 6.45) is 8.17. The van der Waals surface area contributed by atoms with E-state index in [1.165, 1.54) is 25.7 Å². The number of aromatic nitrogens is 1. The number of nitrogens with one attached hydrogen (secondary N) is 1. The van der Waals surface area contributed by atoms with Gasteiger partial charge in [-0.15, -0.1) is 0 Å². The average molecular weight is 261 g/mol. The van der Waals surface area contributed by atoms with Gasteiger partial charge in [0.15, 0.2) is 0 Å². The molecule has 1 aromatic heterocycles. The number of primary amides is 1. The average Bonchev–Trinajstić information content (AvgIpc) is 2.41. The van der Waals surface area contributed by atoms with Crippen molar-refractivity contribution in [2.45, 2.75) is 39.0 Å². The number of nitrogens with two attached hydrogens (primary N) is 1. The molecule has 19 heavy (non-hydrogen) atoms. The third-order valence-corrected chi connectivity index (χ3v) is 4.05. The maximum atomic E-state index is 11.3. The molecule has 0 unspecified atom stereocenters. The zero-order valence-electron chi connectivity index (χ0n) is 11.6. The van der Waals surface area contributed by atoms with Gasteiger partial charge in [-0.2, -0.15) is 0 Å². The second-order valence-electron chi connectivity index (χ2n) is 5.61. The first-order chi connectivity index (χ1) is 9.16. The van der Waals surface area contributed by atoms with Gasteiger partial charge in [0.1, 0.15) is 5.82 Å². The van der Waals surface area contributed by atoms with E-state index in [-0.39, 0.29) is 0 Å². The number of carbonyl (C=O) groups excluding carboxylic acids is 1. The van der Waals surface area contributed by atoms with E-state index in [0.29, 0.717) is 11.4 Å². The Morgan fingerprint density at radius 2 is 2.16 bits per heavy atom. The monoisotopic (exact) mass is 261 g/mol. The van der Waals surface area contributed by atoms with Crippen molar-refractivity contribution < 1.29 is 4.79 Å². The largest absolute Gasteiger partial charge is 0.369 e. The molecule has 104 valence electrons. The number of carbonyl (C=O) groups is 1. The third kappa shape index (κ3) is 3.94. The van der Waals surface area contributed by atoms with E-state index in [0.717, 1.165) is 24.8 Å². The first-order valence-corrected chi connectivity index (χ1v) is 7.15. The van der Waals surface area contributed by atoms with Gasteiger partial charge in [-0.3, -0.25) is 4.79 Å². The van der Waals surface area contributed by atoms with E-state index < -0.39 is 5.91 Å². The minimum atomic E-state index is -0.429. The highest BCUT2D eigenvalue weighted by molar-refractivity contribution is 5.97. The summed E-state index contributed by atoms with van der Waals surface area (Å²) in [4.78, 5) is 15.4. The van der Waals surface area contributed by atoms with Crippen molar-refractivity contribution in [3.8, 4) is 0 Å². The van der Waals surface area contributed by atoms with Gasteiger partial charge >= 0.3 is 0 Å². The van der Waals surface area contributed by atoms with Crippen LogP contribution in [0.1, 0.15) is 49.4 Å². The van der Waals surface area contributed by atoms with Crippen LogP contribution in [0.4, 0.5) is 5.82 Å². The lowest BCUT2D eigenvalue weighted by molar-refractivity contribution is 0.100. The molecule has 1 fully saturated rings. The Morgan fingerprint density at radius 1 is 1.42 bits per heavy atom. The quantitative estimate of drug-likeness (QED) is 0.856. The molecule has 0 saturated heterocycles. The number of pyridine rings is 1. The van der Waals surface area contributed by atoms with Gasteiger partial charge in [0, 0.05) is 12.7 Å². The number of hydrogen-bond donors (Lipinski definition) is 2. The molecule has 1 saturated carbocycles. The Bertz CT molecular complexity index is 425. The van der Waals surface area contributed by atoms with Gasteiger partial charge in [0.05, 0.1) is 5.56 Å². The molecule has 0 aliphatic heterocycles. The molecular weight excluding hydrogens is 238 g/mol. The van der Waals surface area contributed by atoms with Crippen LogP contribution in [0.3, 0.4) is 0 Å². The highest BCUT2D eigenvalue weighted by Gasteiger charge is 2.18. The number of rotatable bonds is 5. The maximum absolute atomic E-state index is 11.3. The van der Waals surface area contributed by atoms with Crippen LogP contribution in [-0.4, -0.2) is 17.4 Å². The lowest BCUT2D eigenvalue weighted by Crippen LogP contribution is -2.18. The van der Waals surface area contributed by atoms with Crippen LogP contribution in [-0.2, 0) is 0 Å². The molecule has 1 heterocycles. The normalized spacial score (nSPS) is 23.0. The summed E-state index contributed by atoms with van der Waals surface area (Å²) in [6, 6.07) is 3.44. The molecule has 3 N–H and O–H groups in total. The van der Waals surface area contributed by atoms with Crippen LogP contribution < -0.4 is 11.1 Å². The summed E-state index contributed by atoms with van der Waals surface area (Å²) >= 11 is 0. The standard InChI is InChI=1S/C15H23N3O/c1-11-4-6-12(7-5-11)8-10-18-15-13(14(16)19)3-2-9-17-15/h2-3,9,11-12H,4-8,10H2,1H3,(H2,16,19)(H,17,18). The summed E-state index contributed by atoms with van der Waals surface area (Å²) in [5.41, 5.74) is 5.80. The lowest BCUT2D eigenvalue weighted by atomic mass is 9.81. The second kappa shape index (κ2) is 6.55. The molecule has 1 aromatic rings. The van der Waals surface area contributed by atoms with E-state index in [1.807, 2.05) is 0 Å². The van der Waals surface area contributed by atoms with Crippen molar-refractivity contribution in [1.29, 1.82) is 0 Å². The van der Waals surface area contributed by atoms with Gasteiger partial charge in [-0.25, -0.2) is 4.98 Å². The van der Waals surface area contributed by atoms with Crippen LogP contribution in [0.5, 0.6) is 0 Å². The highest BCUT2D eigenvalue weighted by atomic mass is 16.1. The van der Waals surface area contributed by atoms with Crippen molar-refractivity contribution >= 4 is 11.7 Å². The van der Waals surface area contributed by atoms with Crippen LogP contribution in [0, 0.1) is 11.8 Å². The Hall–Kier alpha value is -1.58. The van der Waals surface area contributed by atoms with Gasteiger partial charge < -0.3 is 11.1 Å². The predicted octanol–water partition coefficient (Wildman–Crippen LogP) is 2.81. The minimum absolute atomic E-state index is 0.429. The number of anilines is 1. The first-order valence-electron chi connectivity index (χ1n) is 7.15. The lowest BCUT2D eigenvalue weighted by Gasteiger charge is -2.26. The topological polar surface area (TPSA) is 68.0 Å². The highest BCUT2D eigenvalue weighted by Crippen LogP contribution is 2.30. The molecule has 4 nitrogen and oxygen atoms in total. The Balaban J connectivity index is 1.81. The molecule has 0 spiro atoms. The van der Waals surface area contributed by atoms with Gasteiger partial charge in [-0.1, -0.05) is 32.6 Å². The number of amides is 1. The SMILES string of the molecule is CC1CCC(CCNc2ncccc2C(N)=O)CC1. The van der Waals surface area contributed by atoms with Crippen molar-refractivity contribution in [2.24, 2.45) is 17.6 Å². The van der Waals surface area contributed by atoms with Crippen LogP contribution >= 0.6 is 0 Å². The first kappa shape index (κ1) is 13.8. The summed E-state index contributed by atoms with van der Waals surface area (Å²) < 4.78 is 0. The third-order valence-electron chi connectivity index (χ3n) is 4.05. The molecule has 0 aromatic carbocycles. The molecule has 1 amide bonds. The molecule has 0 atom stereocenters. The smallest absolute Gasteiger partial charge is 0.252 e. The summed E-state index contributed by atoms with van der Waals surface area (Å²) in [5, 5.41) is 3.24. The predicted molar refractivity (Wildman–Crippen MR) is 77.0 cm³/mol. The van der Waals surface area contributed by atoms with Crippen molar-refractivity contribution in [3.05, 3.63) is 23.9 Å². The summed E-state index contributed by atoms with van der Waals surface area (Å²) in [5.74, 6) is 1.88. The minimum Gasteiger partial charge on any atom is -0.369 e. The number of nitrogens with zero attached hydrogens (tertiary/aromatic N) is 1. The van der Waals surface area contributed by atoms with Crippen molar-refractivity contribution in [3.63, 3.8) is 0 Å². The van der Waals surface area contributed by atoms with Crippen molar-refractivity contribution in [2.75, 3.05) is 11.9 Å². The number of hydrogen-bond acceptors (Lipinski definition) is 3. The molecular formula is C15H23N3O. The zero-order chi connectivity index (χ0) is 13.7. The molecule has 0 bridgehead atoms. The zero-order valence-corrected chi connectivity index (χ0v) is 11.6. The molecule has 2 rings (SSSR count).